The Labute approximate surface area is 76.4 Å². The Kier molecular flexibility index (Phi) is 2.81. The van der Waals surface area contributed by atoms with E-state index < -0.39 is 0 Å². The Morgan fingerprint density at radius 2 is 2.58 bits per heavy atom. The molecule has 2 unspecified atom stereocenters. The van der Waals surface area contributed by atoms with Crippen LogP contribution in [0.5, 0.6) is 0 Å². The molecule has 66 valence electrons. The van der Waals surface area contributed by atoms with Crippen molar-refractivity contribution in [3.8, 4) is 0 Å². The van der Waals surface area contributed by atoms with Gasteiger partial charge in [-0.05, 0) is 24.8 Å². The predicted octanol–water partition coefficient (Wildman–Crippen LogP) is 1.33. The van der Waals surface area contributed by atoms with E-state index in [1.807, 2.05) is 6.21 Å². The molecule has 4 heteroatoms. The van der Waals surface area contributed by atoms with Gasteiger partial charge in [0.25, 0.3) is 0 Å². The van der Waals surface area contributed by atoms with Crippen LogP contribution in [0.2, 0.25) is 0 Å². The van der Waals surface area contributed by atoms with E-state index in [0.717, 1.165) is 19.4 Å². The maximum Gasteiger partial charge on any atom is 0.111 e. The van der Waals surface area contributed by atoms with Gasteiger partial charge in [-0.3, -0.25) is 4.84 Å². The van der Waals surface area contributed by atoms with Gasteiger partial charge in [-0.25, -0.2) is 4.40 Å². The highest BCUT2D eigenvalue weighted by atomic mass is 32.2. The van der Waals surface area contributed by atoms with E-state index in [4.69, 9.17) is 4.84 Å². The summed E-state index contributed by atoms with van der Waals surface area (Å²) in [6, 6.07) is 0. The predicted molar refractivity (Wildman–Crippen MR) is 51.1 cm³/mol. The highest BCUT2D eigenvalue weighted by Gasteiger charge is 2.23. The molecule has 2 heterocycles. The van der Waals surface area contributed by atoms with Crippen molar-refractivity contribution in [1.29, 1.82) is 0 Å². The highest BCUT2D eigenvalue weighted by molar-refractivity contribution is 7.98. The fraction of sp³-hybridized carbons (Fsp3) is 0.625. The van der Waals surface area contributed by atoms with Crippen molar-refractivity contribution in [3.05, 3.63) is 12.2 Å². The Bertz CT molecular complexity index is 205. The van der Waals surface area contributed by atoms with E-state index >= 15 is 0 Å². The van der Waals surface area contributed by atoms with Gasteiger partial charge in [0.2, 0.25) is 0 Å². The van der Waals surface area contributed by atoms with Gasteiger partial charge in [-0.2, -0.15) is 5.48 Å². The van der Waals surface area contributed by atoms with Crippen molar-refractivity contribution in [2.24, 2.45) is 4.40 Å². The van der Waals surface area contributed by atoms with Crippen molar-refractivity contribution >= 4 is 18.2 Å². The SMILES string of the molecule is C1=CC(C2CCC=NS2)ONC1. The average molecular weight is 184 g/mol. The average Bonchev–Trinajstić information content (AvgIpc) is 2.21. The first-order valence-corrected chi connectivity index (χ1v) is 5.03. The zero-order valence-corrected chi connectivity index (χ0v) is 7.59. The van der Waals surface area contributed by atoms with E-state index in [9.17, 15) is 0 Å². The Balaban J connectivity index is 1.94. The monoisotopic (exact) mass is 184 g/mol. The molecule has 0 amide bonds. The van der Waals surface area contributed by atoms with E-state index in [-0.39, 0.29) is 6.10 Å². The zero-order valence-electron chi connectivity index (χ0n) is 6.77. The van der Waals surface area contributed by atoms with Crippen molar-refractivity contribution in [2.75, 3.05) is 6.54 Å². The smallest absolute Gasteiger partial charge is 0.111 e. The van der Waals surface area contributed by atoms with Crippen LogP contribution in [0.25, 0.3) is 0 Å². The van der Waals surface area contributed by atoms with Crippen LogP contribution >= 0.6 is 11.9 Å². The largest absolute Gasteiger partial charge is 0.293 e. The molecule has 1 N–H and O–H groups in total. The van der Waals surface area contributed by atoms with E-state index in [1.54, 1.807) is 11.9 Å². The molecule has 0 aliphatic carbocycles. The molecule has 2 atom stereocenters. The normalized spacial score (nSPS) is 35.3. The second-order valence-corrected chi connectivity index (χ2v) is 3.90. The molecule has 0 radical (unpaired) electrons. The second kappa shape index (κ2) is 4.07. The van der Waals surface area contributed by atoms with E-state index in [0.29, 0.717) is 5.25 Å². The molecule has 0 aromatic carbocycles. The van der Waals surface area contributed by atoms with Crippen molar-refractivity contribution in [3.63, 3.8) is 0 Å². The lowest BCUT2D eigenvalue weighted by Crippen LogP contribution is -2.34. The first kappa shape index (κ1) is 8.29. The van der Waals surface area contributed by atoms with Gasteiger partial charge < -0.3 is 0 Å². The standard InChI is InChI=1S/C8H12N2OS/c1-3-7(11-9-5-1)8-4-2-6-10-12-8/h1,3,6-9H,2,4-5H2. The molecular weight excluding hydrogens is 172 g/mol. The van der Waals surface area contributed by atoms with Crippen LogP contribution in [0.4, 0.5) is 0 Å². The summed E-state index contributed by atoms with van der Waals surface area (Å²) >= 11 is 1.62. The van der Waals surface area contributed by atoms with Gasteiger partial charge in [-0.1, -0.05) is 12.2 Å². The van der Waals surface area contributed by atoms with Crippen LogP contribution in [0, 0.1) is 0 Å². The minimum absolute atomic E-state index is 0.196. The lowest BCUT2D eigenvalue weighted by Gasteiger charge is -2.25. The molecular formula is C8H12N2OS. The fourth-order valence-corrected chi connectivity index (χ4v) is 2.18. The molecule has 0 fully saturated rings. The second-order valence-electron chi connectivity index (χ2n) is 2.87. The molecule has 0 aromatic heterocycles. The van der Waals surface area contributed by atoms with Crippen LogP contribution in [-0.2, 0) is 4.84 Å². The minimum Gasteiger partial charge on any atom is -0.293 e. The summed E-state index contributed by atoms with van der Waals surface area (Å²) in [6.07, 6.45) is 8.63. The van der Waals surface area contributed by atoms with E-state index in [1.165, 1.54) is 0 Å². The van der Waals surface area contributed by atoms with Crippen molar-refractivity contribution < 1.29 is 4.84 Å². The maximum atomic E-state index is 5.39. The van der Waals surface area contributed by atoms with E-state index in [2.05, 4.69) is 22.0 Å². The number of hydrogen-bond acceptors (Lipinski definition) is 4. The fourth-order valence-electron chi connectivity index (χ4n) is 1.32. The Morgan fingerprint density at radius 3 is 3.25 bits per heavy atom. The molecule has 3 nitrogen and oxygen atoms in total. The highest BCUT2D eigenvalue weighted by Crippen LogP contribution is 2.26. The summed E-state index contributed by atoms with van der Waals surface area (Å²) in [5, 5.41) is 0.485. The number of hydrogen-bond donors (Lipinski definition) is 1. The van der Waals surface area contributed by atoms with Gasteiger partial charge in [0.05, 0.1) is 5.25 Å². The number of rotatable bonds is 1. The minimum atomic E-state index is 0.196. The maximum absolute atomic E-state index is 5.39. The van der Waals surface area contributed by atoms with Crippen LogP contribution in [0.3, 0.4) is 0 Å². The van der Waals surface area contributed by atoms with Gasteiger partial charge in [-0.15, -0.1) is 0 Å². The molecule has 0 aromatic rings. The molecule has 0 saturated carbocycles. The molecule has 2 aliphatic rings. The molecule has 2 rings (SSSR count). The van der Waals surface area contributed by atoms with Crippen LogP contribution in [0.15, 0.2) is 16.5 Å². The first-order chi connectivity index (χ1) is 5.97. The lowest BCUT2D eigenvalue weighted by molar-refractivity contribution is -0.00279. The molecule has 0 saturated heterocycles. The quantitative estimate of drug-likeness (QED) is 0.493. The van der Waals surface area contributed by atoms with Gasteiger partial charge in [0.15, 0.2) is 0 Å². The summed E-state index contributed by atoms with van der Waals surface area (Å²) < 4.78 is 4.18. The third-order valence-electron chi connectivity index (χ3n) is 1.96. The number of nitrogens with zero attached hydrogens (tertiary/aromatic N) is 1. The molecule has 0 spiro atoms. The molecule has 2 aliphatic heterocycles. The van der Waals surface area contributed by atoms with Crippen molar-refractivity contribution in [1.82, 2.24) is 5.48 Å². The number of hydroxylamine groups is 1. The lowest BCUT2D eigenvalue weighted by atomic mass is 10.1. The van der Waals surface area contributed by atoms with Gasteiger partial charge in [0, 0.05) is 12.8 Å². The van der Waals surface area contributed by atoms with Crippen LogP contribution < -0.4 is 5.48 Å². The Hall–Kier alpha value is -0.320. The Morgan fingerprint density at radius 1 is 1.58 bits per heavy atom. The summed E-state index contributed by atoms with van der Waals surface area (Å²) in [5.41, 5.74) is 2.88. The third-order valence-corrected chi connectivity index (χ3v) is 3.01. The molecule has 0 bridgehead atoms. The van der Waals surface area contributed by atoms with Gasteiger partial charge in [0.1, 0.15) is 6.10 Å². The van der Waals surface area contributed by atoms with Crippen molar-refractivity contribution in [2.45, 2.75) is 24.2 Å². The third kappa shape index (κ3) is 1.88. The van der Waals surface area contributed by atoms with Gasteiger partial charge >= 0.3 is 0 Å². The molecule has 12 heavy (non-hydrogen) atoms. The first-order valence-electron chi connectivity index (χ1n) is 4.19. The summed E-state index contributed by atoms with van der Waals surface area (Å²) in [7, 11) is 0. The topological polar surface area (TPSA) is 33.6 Å². The summed E-state index contributed by atoms with van der Waals surface area (Å²) in [5.74, 6) is 0. The zero-order chi connectivity index (χ0) is 8.23. The summed E-state index contributed by atoms with van der Waals surface area (Å²) in [6.45, 7) is 0.817. The van der Waals surface area contributed by atoms with Crippen LogP contribution in [-0.4, -0.2) is 24.1 Å². The summed E-state index contributed by atoms with van der Waals surface area (Å²) in [4.78, 5) is 5.39. The van der Waals surface area contributed by atoms with Crippen LogP contribution in [0.1, 0.15) is 12.8 Å². The number of nitrogens with one attached hydrogen (secondary N) is 1.